The Hall–Kier alpha value is -6.82. The molecule has 0 aliphatic carbocycles. The number of para-hydroxylation sites is 2. The zero-order chi connectivity index (χ0) is 60.1. The third-order valence-electron chi connectivity index (χ3n) is 15.4. The topological polar surface area (TPSA) is 186 Å². The van der Waals surface area contributed by atoms with Crippen LogP contribution in [0.5, 0.6) is 17.4 Å². The Morgan fingerprint density at radius 3 is 1.75 bits per heavy atom. The molecule has 1 saturated heterocycles. The van der Waals surface area contributed by atoms with Gasteiger partial charge in [0.25, 0.3) is 14.4 Å². The molecule has 20 heteroatoms. The van der Waals surface area contributed by atoms with Crippen LogP contribution in [0.25, 0.3) is 11.2 Å². The van der Waals surface area contributed by atoms with Gasteiger partial charge in [0, 0.05) is 19.1 Å². The van der Waals surface area contributed by atoms with Gasteiger partial charge in [0.2, 0.25) is 14.3 Å². The van der Waals surface area contributed by atoms with Gasteiger partial charge in [-0.05, 0) is 110 Å². The summed E-state index contributed by atoms with van der Waals surface area (Å²) in [6, 6.07) is 46.4. The minimum absolute atomic E-state index is 0.0468. The van der Waals surface area contributed by atoms with Crippen molar-refractivity contribution in [1.29, 1.82) is 5.26 Å². The van der Waals surface area contributed by atoms with Crippen LogP contribution in [-0.4, -0.2) is 110 Å². The van der Waals surface area contributed by atoms with Gasteiger partial charge in [-0.1, -0.05) is 133 Å². The number of nitrogens with zero attached hydrogens (tertiary/aromatic N) is 7. The molecule has 5 aromatic carbocycles. The van der Waals surface area contributed by atoms with Crippen LogP contribution in [0.15, 0.2) is 146 Å². The summed E-state index contributed by atoms with van der Waals surface area (Å²) in [6.45, 7) is 21.7. The largest absolute Gasteiger partial charge is 0.497 e. The van der Waals surface area contributed by atoms with Gasteiger partial charge in [0.1, 0.15) is 42.2 Å². The molecule has 18 nitrogen and oxygen atoms in total. The third-order valence-corrected chi connectivity index (χ3v) is 23.5. The minimum atomic E-state index is -2.54. The lowest BCUT2D eigenvalue weighted by Gasteiger charge is -2.42. The minimum Gasteiger partial charge on any atom is -0.497 e. The first-order valence-corrected chi connectivity index (χ1v) is 32.0. The van der Waals surface area contributed by atoms with E-state index in [-0.39, 0.29) is 78.1 Å². The van der Waals surface area contributed by atoms with Crippen LogP contribution in [0.4, 0.5) is 22.1 Å². The number of nitrogens with one attached hydrogen (secondary N) is 1. The number of benzene rings is 5. The first-order chi connectivity index (χ1) is 40.5. The summed E-state index contributed by atoms with van der Waals surface area (Å²) in [5.74, 6) is 1.41. The summed E-state index contributed by atoms with van der Waals surface area (Å²) in [7, 11) is 0.496. The number of fused-ring (bicyclic) bond motifs is 1. The molecule has 446 valence electrons. The second-order valence-corrected chi connectivity index (χ2v) is 28.9. The Morgan fingerprint density at radius 1 is 0.738 bits per heavy atom. The summed E-state index contributed by atoms with van der Waals surface area (Å²) >= 11 is 0. The first kappa shape index (κ1) is 63.2. The molecule has 84 heavy (non-hydrogen) atoms. The number of imidazole rings is 1. The lowest BCUT2D eigenvalue weighted by atomic mass is 9.80. The molecule has 1 amide bonds. The standard InChI is InChI=1S/C64H81N8O10PSi/c1-43(2)72(44(3)4)83(78-39-23-38-65)82-57-55(40-77-64(48-24-17-14-18-25-48,49-30-34-53(74-12)35-31-49)50-32-36-54(75-13)37-33-50)80-61(58(57)76-42-79-84(45(5)6,46(7)8)47(9)10)70-41-67-56-59(70)68-62(66-11)69-60(56)81-63(73)71(51-26-19-15-20-27-51)52-28-21-16-22-29-52/h14-22,24-37,41,43-47,55,57-58,61H,23,39-40,42H2,1-13H3,(H,66,68,69)/t55-,57-,58-,61-,83?/m1/s1. The van der Waals surface area contributed by atoms with Gasteiger partial charge in [-0.3, -0.25) is 4.57 Å². The summed E-state index contributed by atoms with van der Waals surface area (Å²) in [6.07, 6.45) is -2.89. The van der Waals surface area contributed by atoms with Crippen molar-refractivity contribution < 1.29 is 46.7 Å². The van der Waals surface area contributed by atoms with Crippen molar-refractivity contribution >= 4 is 51.4 Å². The van der Waals surface area contributed by atoms with Crippen LogP contribution in [-0.2, 0) is 33.3 Å². The van der Waals surface area contributed by atoms with E-state index in [1.807, 2.05) is 140 Å². The monoisotopic (exact) mass is 1180 g/mol. The molecule has 2 aromatic heterocycles. The van der Waals surface area contributed by atoms with E-state index >= 15 is 0 Å². The summed E-state index contributed by atoms with van der Waals surface area (Å²) in [5.41, 5.74) is 3.56. The smallest absolute Gasteiger partial charge is 0.425 e. The summed E-state index contributed by atoms with van der Waals surface area (Å²) < 4.78 is 65.3. The Bertz CT molecular complexity index is 3110. The highest BCUT2D eigenvalue weighted by Crippen LogP contribution is 2.52. The molecule has 8 rings (SSSR count). The SMILES string of the molecule is CNc1nc(OC(=O)N(c2ccccc2)c2ccccc2)c2ncn([C@@H]3O[C@H](COC(c4ccccc4)(c4ccc(OC)cc4)c4ccc(OC)cc4)[C@@H](OP(OCCC#N)N(C(C)C)C(C)C)[C@H]3OCO[Si](C(C)C)(C(C)C)C(C)C)c2n1. The molecule has 1 N–H and O–H groups in total. The quantitative estimate of drug-likeness (QED) is 0.0160. The zero-order valence-corrected chi connectivity index (χ0v) is 52.4. The maximum Gasteiger partial charge on any atom is 0.425 e. The fourth-order valence-corrected chi connectivity index (χ4v) is 18.7. The number of carbonyl (C=O) groups is 1. The molecular weight excluding hydrogens is 1100 g/mol. The van der Waals surface area contributed by atoms with Crippen molar-refractivity contribution in [3.05, 3.63) is 163 Å². The normalized spacial score (nSPS) is 16.9. The highest BCUT2D eigenvalue weighted by molar-refractivity contribution is 7.44. The molecule has 0 bridgehead atoms. The molecular formula is C64H81N8O10PSi. The van der Waals surface area contributed by atoms with Crippen molar-refractivity contribution in [1.82, 2.24) is 24.2 Å². The highest BCUT2D eigenvalue weighted by atomic mass is 31.2. The van der Waals surface area contributed by atoms with E-state index in [1.54, 1.807) is 32.2 Å². The second kappa shape index (κ2) is 28.8. The molecule has 1 aliphatic rings. The summed E-state index contributed by atoms with van der Waals surface area (Å²) in [4.78, 5) is 30.6. The van der Waals surface area contributed by atoms with Crippen LogP contribution >= 0.6 is 8.53 Å². The van der Waals surface area contributed by atoms with Crippen molar-refractivity contribution in [2.45, 2.75) is 135 Å². The van der Waals surface area contributed by atoms with Crippen LogP contribution in [0.2, 0.25) is 16.6 Å². The number of carbonyl (C=O) groups excluding carboxylic acids is 1. The van der Waals surface area contributed by atoms with Gasteiger partial charge in [-0.15, -0.1) is 0 Å². The number of nitriles is 1. The Kier molecular flexibility index (Phi) is 21.7. The van der Waals surface area contributed by atoms with Gasteiger partial charge in [-0.25, -0.2) is 19.3 Å². The maximum absolute atomic E-state index is 14.6. The number of amides is 1. The Morgan fingerprint density at radius 2 is 1.26 bits per heavy atom. The second-order valence-electron chi connectivity index (χ2n) is 22.0. The van der Waals surface area contributed by atoms with Crippen molar-refractivity contribution in [3.8, 4) is 23.4 Å². The third kappa shape index (κ3) is 13.6. The first-order valence-electron chi connectivity index (χ1n) is 28.7. The van der Waals surface area contributed by atoms with Crippen LogP contribution in [0.1, 0.15) is 98.6 Å². The predicted molar refractivity (Wildman–Crippen MR) is 330 cm³/mol. The number of aromatic nitrogens is 4. The molecule has 1 fully saturated rings. The van der Waals surface area contributed by atoms with E-state index in [9.17, 15) is 10.1 Å². The summed E-state index contributed by atoms with van der Waals surface area (Å²) in [5, 5.41) is 12.9. The highest BCUT2D eigenvalue weighted by Gasteiger charge is 2.53. The maximum atomic E-state index is 14.6. The van der Waals surface area contributed by atoms with Gasteiger partial charge < -0.3 is 47.2 Å². The fraction of sp³-hybridized carbons (Fsp3) is 0.422. The van der Waals surface area contributed by atoms with E-state index in [0.717, 1.165) is 16.7 Å². The molecule has 3 heterocycles. The fourth-order valence-electron chi connectivity index (χ4n) is 11.7. The molecule has 0 spiro atoms. The van der Waals surface area contributed by atoms with Crippen LogP contribution < -0.4 is 24.4 Å². The Balaban J connectivity index is 1.31. The van der Waals surface area contributed by atoms with Gasteiger partial charge in [0.15, 0.2) is 17.4 Å². The number of ether oxygens (including phenoxy) is 6. The lowest BCUT2D eigenvalue weighted by Crippen LogP contribution is -2.49. The number of rotatable bonds is 28. The van der Waals surface area contributed by atoms with Gasteiger partial charge in [0.05, 0.1) is 57.6 Å². The molecule has 0 radical (unpaired) electrons. The van der Waals surface area contributed by atoms with Crippen LogP contribution in [0, 0.1) is 11.3 Å². The van der Waals surface area contributed by atoms with E-state index in [1.165, 1.54) is 4.90 Å². The number of hydrogen-bond donors (Lipinski definition) is 1. The molecule has 0 saturated carbocycles. The van der Waals surface area contributed by atoms with Gasteiger partial charge >= 0.3 is 6.09 Å². The Labute approximate surface area is 497 Å². The van der Waals surface area contributed by atoms with E-state index < -0.39 is 53.1 Å². The van der Waals surface area contributed by atoms with Gasteiger partial charge in [-0.2, -0.15) is 15.2 Å². The number of hydrogen-bond acceptors (Lipinski definition) is 16. The van der Waals surface area contributed by atoms with Crippen LogP contribution in [0.3, 0.4) is 0 Å². The zero-order valence-electron chi connectivity index (χ0n) is 50.5. The number of methoxy groups -OCH3 is 2. The molecule has 7 aromatic rings. The molecule has 1 unspecified atom stereocenters. The average Bonchev–Trinajstić information content (AvgIpc) is 3.52. The van der Waals surface area contributed by atoms with Crippen molar-refractivity contribution in [2.75, 3.05) is 51.5 Å². The molecule has 5 atom stereocenters. The van der Waals surface area contributed by atoms with E-state index in [2.05, 4.69) is 90.3 Å². The van der Waals surface area contributed by atoms with E-state index in [4.69, 9.17) is 51.9 Å². The van der Waals surface area contributed by atoms with Crippen molar-refractivity contribution in [2.24, 2.45) is 0 Å². The van der Waals surface area contributed by atoms with E-state index in [0.29, 0.717) is 22.9 Å². The lowest BCUT2D eigenvalue weighted by molar-refractivity contribution is -0.113. The average molecular weight is 1180 g/mol. The predicted octanol–water partition coefficient (Wildman–Crippen LogP) is 14.3. The molecule has 1 aliphatic heterocycles. The number of anilines is 3. The van der Waals surface area contributed by atoms with Crippen molar-refractivity contribution in [3.63, 3.8) is 0 Å².